The predicted octanol–water partition coefficient (Wildman–Crippen LogP) is 4.03. The van der Waals surface area contributed by atoms with Crippen LogP contribution in [0.2, 0.25) is 0 Å². The van der Waals surface area contributed by atoms with Gasteiger partial charge in [-0.3, -0.25) is 9.59 Å². The number of ether oxygens (including phenoxy) is 2. The molecule has 0 saturated carbocycles. The van der Waals surface area contributed by atoms with Crippen molar-refractivity contribution in [2.75, 3.05) is 25.2 Å². The molecule has 2 aromatic carbocycles. The lowest BCUT2D eigenvalue weighted by Gasteiger charge is -2.18. The van der Waals surface area contributed by atoms with E-state index in [0.29, 0.717) is 31.1 Å². The van der Waals surface area contributed by atoms with Gasteiger partial charge in [0.1, 0.15) is 6.04 Å². The van der Waals surface area contributed by atoms with Gasteiger partial charge in [0, 0.05) is 24.7 Å². The van der Waals surface area contributed by atoms with Gasteiger partial charge in [-0.1, -0.05) is 37.6 Å². The average Bonchev–Trinajstić information content (AvgIpc) is 3.00. The molecule has 3 rings (SSSR count). The molecule has 0 aliphatic carbocycles. The Morgan fingerprint density at radius 3 is 2.60 bits per heavy atom. The monoisotopic (exact) mass is 410 g/mol. The van der Waals surface area contributed by atoms with Crippen molar-refractivity contribution in [3.8, 4) is 11.5 Å². The molecule has 0 aromatic heterocycles. The first-order chi connectivity index (χ1) is 14.5. The molecular formula is C24H30N2O4. The zero-order valence-corrected chi connectivity index (χ0v) is 17.9. The SMILES string of the molecule is CCCCc1ccc2c(c1)[C@@H](NC(C)=O)C(=O)N2CCCOc1ccccc1OC. The van der Waals surface area contributed by atoms with Crippen LogP contribution in [0.5, 0.6) is 11.5 Å². The average molecular weight is 411 g/mol. The summed E-state index contributed by atoms with van der Waals surface area (Å²) in [5.41, 5.74) is 2.95. The van der Waals surface area contributed by atoms with Crippen LogP contribution < -0.4 is 19.7 Å². The number of anilines is 1. The Hall–Kier alpha value is -3.02. The maximum atomic E-state index is 13.0. The van der Waals surface area contributed by atoms with E-state index in [1.54, 1.807) is 12.0 Å². The molecule has 1 N–H and O–H groups in total. The van der Waals surface area contributed by atoms with Gasteiger partial charge in [0.25, 0.3) is 5.91 Å². The molecule has 2 aromatic rings. The van der Waals surface area contributed by atoms with Crippen molar-refractivity contribution in [1.82, 2.24) is 5.32 Å². The van der Waals surface area contributed by atoms with Crippen LogP contribution in [-0.2, 0) is 16.0 Å². The number of hydrogen-bond acceptors (Lipinski definition) is 4. The van der Waals surface area contributed by atoms with E-state index in [-0.39, 0.29) is 11.8 Å². The molecular weight excluding hydrogens is 380 g/mol. The quantitative estimate of drug-likeness (QED) is 0.601. The van der Waals surface area contributed by atoms with Crippen molar-refractivity contribution in [2.45, 2.75) is 45.6 Å². The van der Waals surface area contributed by atoms with E-state index in [1.807, 2.05) is 30.3 Å². The van der Waals surface area contributed by atoms with Gasteiger partial charge in [0.05, 0.1) is 13.7 Å². The Morgan fingerprint density at radius 1 is 1.13 bits per heavy atom. The number of benzene rings is 2. The van der Waals surface area contributed by atoms with Crippen molar-refractivity contribution in [2.24, 2.45) is 0 Å². The van der Waals surface area contributed by atoms with Crippen LogP contribution in [0.4, 0.5) is 5.69 Å². The number of carbonyl (C=O) groups excluding carboxylic acids is 2. The van der Waals surface area contributed by atoms with Crippen LogP contribution in [-0.4, -0.2) is 32.1 Å². The number of nitrogens with zero attached hydrogens (tertiary/aromatic N) is 1. The highest BCUT2D eigenvalue weighted by Crippen LogP contribution is 2.37. The lowest BCUT2D eigenvalue weighted by atomic mass is 10.0. The highest BCUT2D eigenvalue weighted by molar-refractivity contribution is 6.06. The number of methoxy groups -OCH3 is 1. The minimum Gasteiger partial charge on any atom is -0.493 e. The van der Waals surface area contributed by atoms with Crippen LogP contribution in [0.25, 0.3) is 0 Å². The van der Waals surface area contributed by atoms with Gasteiger partial charge in [0.2, 0.25) is 5.91 Å². The second-order valence-corrected chi connectivity index (χ2v) is 7.47. The Bertz CT molecular complexity index is 897. The highest BCUT2D eigenvalue weighted by Gasteiger charge is 2.37. The zero-order valence-electron chi connectivity index (χ0n) is 17.9. The van der Waals surface area contributed by atoms with E-state index in [2.05, 4.69) is 24.4 Å². The summed E-state index contributed by atoms with van der Waals surface area (Å²) in [5.74, 6) is 1.07. The van der Waals surface area contributed by atoms with Gasteiger partial charge in [-0.05, 0) is 43.0 Å². The zero-order chi connectivity index (χ0) is 21.5. The van der Waals surface area contributed by atoms with Crippen LogP contribution in [0.1, 0.15) is 50.3 Å². The number of fused-ring (bicyclic) bond motifs is 1. The van der Waals surface area contributed by atoms with Crippen LogP contribution in [0.3, 0.4) is 0 Å². The molecule has 1 aliphatic rings. The summed E-state index contributed by atoms with van der Waals surface area (Å²) in [6.07, 6.45) is 3.84. The number of nitrogens with one attached hydrogen (secondary N) is 1. The Morgan fingerprint density at radius 2 is 1.90 bits per heavy atom. The van der Waals surface area contributed by atoms with Crippen molar-refractivity contribution in [3.05, 3.63) is 53.6 Å². The summed E-state index contributed by atoms with van der Waals surface area (Å²) in [5, 5.41) is 2.81. The number of unbranched alkanes of at least 4 members (excludes halogenated alkanes) is 1. The molecule has 0 radical (unpaired) electrons. The van der Waals surface area contributed by atoms with Crippen molar-refractivity contribution in [3.63, 3.8) is 0 Å². The third-order valence-corrected chi connectivity index (χ3v) is 5.23. The third kappa shape index (κ3) is 4.93. The first-order valence-corrected chi connectivity index (χ1v) is 10.5. The molecule has 0 fully saturated rings. The summed E-state index contributed by atoms with van der Waals surface area (Å²) in [6.45, 7) is 4.58. The van der Waals surface area contributed by atoms with Crippen LogP contribution in [0.15, 0.2) is 42.5 Å². The summed E-state index contributed by atoms with van der Waals surface area (Å²) >= 11 is 0. The summed E-state index contributed by atoms with van der Waals surface area (Å²) in [4.78, 5) is 26.5. The number of para-hydroxylation sites is 2. The van der Waals surface area contributed by atoms with E-state index in [4.69, 9.17) is 9.47 Å². The molecule has 160 valence electrons. The first kappa shape index (κ1) is 21.7. The smallest absolute Gasteiger partial charge is 0.254 e. The van der Waals surface area contributed by atoms with Gasteiger partial charge < -0.3 is 19.7 Å². The Balaban J connectivity index is 1.69. The fourth-order valence-electron chi connectivity index (χ4n) is 3.74. The van der Waals surface area contributed by atoms with E-state index in [0.717, 1.165) is 30.5 Å². The highest BCUT2D eigenvalue weighted by atomic mass is 16.5. The van der Waals surface area contributed by atoms with Gasteiger partial charge in [-0.25, -0.2) is 0 Å². The molecule has 30 heavy (non-hydrogen) atoms. The van der Waals surface area contributed by atoms with Crippen molar-refractivity contribution >= 4 is 17.5 Å². The fourth-order valence-corrected chi connectivity index (χ4v) is 3.74. The fraction of sp³-hybridized carbons (Fsp3) is 0.417. The largest absolute Gasteiger partial charge is 0.493 e. The predicted molar refractivity (Wildman–Crippen MR) is 117 cm³/mol. The van der Waals surface area contributed by atoms with Crippen molar-refractivity contribution in [1.29, 1.82) is 0 Å². The number of hydrogen-bond donors (Lipinski definition) is 1. The number of aryl methyl sites for hydroxylation is 1. The number of rotatable bonds is 10. The van der Waals surface area contributed by atoms with Crippen LogP contribution >= 0.6 is 0 Å². The van der Waals surface area contributed by atoms with Gasteiger partial charge in [-0.2, -0.15) is 0 Å². The molecule has 0 bridgehead atoms. The molecule has 1 atom stereocenters. The van der Waals surface area contributed by atoms with E-state index in [9.17, 15) is 9.59 Å². The molecule has 1 aliphatic heterocycles. The van der Waals surface area contributed by atoms with Crippen LogP contribution in [0, 0.1) is 0 Å². The molecule has 6 heteroatoms. The second kappa shape index (κ2) is 10.1. The standard InChI is InChI=1S/C24H30N2O4/c1-4-5-9-18-12-13-20-19(16-18)23(25-17(2)27)24(28)26(20)14-8-15-30-22-11-7-6-10-21(22)29-3/h6-7,10-13,16,23H,4-5,8-9,14-15H2,1-3H3,(H,25,27)/t23-/m1/s1. The molecule has 6 nitrogen and oxygen atoms in total. The number of amides is 2. The minimum atomic E-state index is -0.616. The van der Waals surface area contributed by atoms with E-state index >= 15 is 0 Å². The lowest BCUT2D eigenvalue weighted by Crippen LogP contribution is -2.37. The van der Waals surface area contributed by atoms with Gasteiger partial charge >= 0.3 is 0 Å². The van der Waals surface area contributed by atoms with E-state index in [1.165, 1.54) is 12.5 Å². The normalized spacial score (nSPS) is 15.1. The Kier molecular flexibility index (Phi) is 7.33. The topological polar surface area (TPSA) is 67.9 Å². The molecule has 0 saturated heterocycles. The minimum absolute atomic E-state index is 0.0925. The van der Waals surface area contributed by atoms with E-state index < -0.39 is 6.04 Å². The second-order valence-electron chi connectivity index (χ2n) is 7.47. The van der Waals surface area contributed by atoms with Crippen molar-refractivity contribution < 1.29 is 19.1 Å². The molecule has 2 amide bonds. The summed E-state index contributed by atoms with van der Waals surface area (Å²) in [7, 11) is 1.61. The lowest BCUT2D eigenvalue weighted by molar-refractivity contribution is -0.126. The summed E-state index contributed by atoms with van der Waals surface area (Å²) in [6, 6.07) is 13.0. The molecule has 1 heterocycles. The molecule has 0 unspecified atom stereocenters. The van der Waals surface area contributed by atoms with Gasteiger partial charge in [-0.15, -0.1) is 0 Å². The maximum Gasteiger partial charge on any atom is 0.254 e. The van der Waals surface area contributed by atoms with Gasteiger partial charge in [0.15, 0.2) is 11.5 Å². The first-order valence-electron chi connectivity index (χ1n) is 10.5. The Labute approximate surface area is 178 Å². The third-order valence-electron chi connectivity index (χ3n) is 5.23. The maximum absolute atomic E-state index is 13.0. The summed E-state index contributed by atoms with van der Waals surface area (Å²) < 4.78 is 11.1. The number of carbonyl (C=O) groups is 2. The molecule has 0 spiro atoms.